The lowest BCUT2D eigenvalue weighted by atomic mass is 10.1. The van der Waals surface area contributed by atoms with Crippen LogP contribution >= 0.6 is 0 Å². The van der Waals surface area contributed by atoms with E-state index >= 15 is 0 Å². The van der Waals surface area contributed by atoms with Crippen LogP contribution in [0.15, 0.2) is 30.5 Å². The van der Waals surface area contributed by atoms with E-state index in [1.54, 1.807) is 7.11 Å². The normalized spacial score (nSPS) is 16.6. The van der Waals surface area contributed by atoms with Crippen molar-refractivity contribution in [2.75, 3.05) is 12.4 Å². The summed E-state index contributed by atoms with van der Waals surface area (Å²) in [6.45, 7) is 2.24. The molecule has 1 aromatic heterocycles. The monoisotopic (exact) mass is 242 g/mol. The maximum atomic E-state index is 5.35. The first-order valence-electron chi connectivity index (χ1n) is 6.47. The summed E-state index contributed by atoms with van der Waals surface area (Å²) in [6.07, 6.45) is 4.51. The summed E-state index contributed by atoms with van der Waals surface area (Å²) < 4.78 is 5.35. The van der Waals surface area contributed by atoms with Gasteiger partial charge in [0.15, 0.2) is 0 Å². The molecule has 1 fully saturated rings. The Hall–Kier alpha value is -1.77. The van der Waals surface area contributed by atoms with Gasteiger partial charge in [-0.15, -0.1) is 0 Å². The van der Waals surface area contributed by atoms with Crippen LogP contribution < -0.4 is 10.1 Å². The second kappa shape index (κ2) is 4.48. The van der Waals surface area contributed by atoms with Crippen molar-refractivity contribution in [2.45, 2.75) is 25.8 Å². The Kier molecular flexibility index (Phi) is 2.82. The maximum Gasteiger partial charge on any atom is 0.121 e. The molecule has 94 valence electrons. The molecule has 3 rings (SSSR count). The van der Waals surface area contributed by atoms with Crippen LogP contribution in [0.5, 0.6) is 5.75 Å². The van der Waals surface area contributed by atoms with E-state index in [1.165, 1.54) is 12.8 Å². The molecule has 3 heteroatoms. The fourth-order valence-electron chi connectivity index (χ4n) is 2.35. The second-order valence-electron chi connectivity index (χ2n) is 5.02. The Morgan fingerprint density at radius 3 is 2.94 bits per heavy atom. The van der Waals surface area contributed by atoms with Crippen LogP contribution in [-0.2, 0) is 0 Å². The van der Waals surface area contributed by atoms with Crippen molar-refractivity contribution in [2.24, 2.45) is 5.92 Å². The number of anilines is 1. The van der Waals surface area contributed by atoms with Crippen LogP contribution in [0.2, 0.25) is 0 Å². The minimum absolute atomic E-state index is 0.502. The van der Waals surface area contributed by atoms with E-state index in [0.717, 1.165) is 28.3 Å². The molecular weight excluding hydrogens is 224 g/mol. The molecule has 0 bridgehead atoms. The molecular formula is C15H18N2O. The zero-order valence-electron chi connectivity index (χ0n) is 10.8. The van der Waals surface area contributed by atoms with Gasteiger partial charge in [-0.1, -0.05) is 6.07 Å². The number of methoxy groups -OCH3 is 1. The van der Waals surface area contributed by atoms with Crippen molar-refractivity contribution in [3.05, 3.63) is 30.5 Å². The van der Waals surface area contributed by atoms with Gasteiger partial charge in [0.1, 0.15) is 5.75 Å². The average molecular weight is 242 g/mol. The summed E-state index contributed by atoms with van der Waals surface area (Å²) in [5, 5.41) is 4.69. The second-order valence-corrected chi connectivity index (χ2v) is 5.02. The van der Waals surface area contributed by atoms with Gasteiger partial charge >= 0.3 is 0 Å². The van der Waals surface area contributed by atoms with Gasteiger partial charge in [-0.25, -0.2) is 0 Å². The lowest BCUT2D eigenvalue weighted by molar-refractivity contribution is 0.415. The molecule has 1 N–H and O–H groups in total. The molecule has 1 atom stereocenters. The molecule has 1 aliphatic rings. The van der Waals surface area contributed by atoms with Crippen molar-refractivity contribution in [3.8, 4) is 5.75 Å². The van der Waals surface area contributed by atoms with Gasteiger partial charge in [0, 0.05) is 23.7 Å². The number of hydrogen-bond acceptors (Lipinski definition) is 3. The fraction of sp³-hybridized carbons (Fsp3) is 0.400. The summed E-state index contributed by atoms with van der Waals surface area (Å²) >= 11 is 0. The number of nitrogens with zero attached hydrogens (tertiary/aromatic N) is 1. The number of benzene rings is 1. The van der Waals surface area contributed by atoms with Gasteiger partial charge in [0.05, 0.1) is 18.3 Å². The van der Waals surface area contributed by atoms with E-state index in [2.05, 4.69) is 23.3 Å². The summed E-state index contributed by atoms with van der Waals surface area (Å²) in [4.78, 5) is 4.47. The van der Waals surface area contributed by atoms with E-state index in [9.17, 15) is 0 Å². The first-order valence-corrected chi connectivity index (χ1v) is 6.47. The highest BCUT2D eigenvalue weighted by Crippen LogP contribution is 2.36. The number of nitrogens with one attached hydrogen (secondary N) is 1. The summed E-state index contributed by atoms with van der Waals surface area (Å²) in [5.41, 5.74) is 2.09. The van der Waals surface area contributed by atoms with E-state index in [4.69, 9.17) is 4.74 Å². The molecule has 1 heterocycles. The van der Waals surface area contributed by atoms with Crippen LogP contribution in [0.3, 0.4) is 0 Å². The van der Waals surface area contributed by atoms with Crippen LogP contribution in [0.25, 0.3) is 10.9 Å². The molecule has 1 aliphatic carbocycles. The Bertz CT molecular complexity index is 563. The molecule has 0 saturated heterocycles. The number of rotatable bonds is 4. The lowest BCUT2D eigenvalue weighted by Crippen LogP contribution is -2.17. The zero-order chi connectivity index (χ0) is 12.5. The van der Waals surface area contributed by atoms with Crippen molar-refractivity contribution in [3.63, 3.8) is 0 Å². The molecule has 0 spiro atoms. The quantitative estimate of drug-likeness (QED) is 0.891. The maximum absolute atomic E-state index is 5.35. The Balaban J connectivity index is 2.01. The number of fused-ring (bicyclic) bond motifs is 1. The number of aromatic nitrogens is 1. The van der Waals surface area contributed by atoms with Crippen LogP contribution in [0.1, 0.15) is 19.8 Å². The highest BCUT2D eigenvalue weighted by Gasteiger charge is 2.28. The minimum Gasteiger partial charge on any atom is -0.497 e. The standard InChI is InChI=1S/C15H18N2O/c1-10(11-5-6-11)17-14-9-13(18-2)8-12-4-3-7-16-15(12)14/h3-4,7-11,17H,5-6H2,1-2H3. The fourth-order valence-corrected chi connectivity index (χ4v) is 2.35. The molecule has 1 aromatic carbocycles. The van der Waals surface area contributed by atoms with Crippen molar-refractivity contribution >= 4 is 16.6 Å². The Morgan fingerprint density at radius 1 is 1.39 bits per heavy atom. The lowest BCUT2D eigenvalue weighted by Gasteiger charge is -2.16. The van der Waals surface area contributed by atoms with Gasteiger partial charge in [0.2, 0.25) is 0 Å². The van der Waals surface area contributed by atoms with Crippen molar-refractivity contribution in [1.29, 1.82) is 0 Å². The highest BCUT2D eigenvalue weighted by molar-refractivity contribution is 5.91. The summed E-state index contributed by atoms with van der Waals surface area (Å²) in [5.74, 6) is 1.69. The third-order valence-electron chi connectivity index (χ3n) is 3.63. The summed E-state index contributed by atoms with van der Waals surface area (Å²) in [7, 11) is 1.70. The van der Waals surface area contributed by atoms with E-state index in [1.807, 2.05) is 24.4 Å². The minimum atomic E-state index is 0.502. The molecule has 1 unspecified atom stereocenters. The summed E-state index contributed by atoms with van der Waals surface area (Å²) in [6, 6.07) is 8.58. The van der Waals surface area contributed by atoms with Gasteiger partial charge in [0.25, 0.3) is 0 Å². The number of ether oxygens (including phenoxy) is 1. The van der Waals surface area contributed by atoms with E-state index in [0.29, 0.717) is 6.04 Å². The average Bonchev–Trinajstić information content (AvgIpc) is 3.22. The molecule has 0 radical (unpaired) electrons. The molecule has 3 nitrogen and oxygen atoms in total. The topological polar surface area (TPSA) is 34.1 Å². The number of pyridine rings is 1. The predicted molar refractivity (Wildman–Crippen MR) is 74.1 cm³/mol. The zero-order valence-corrected chi connectivity index (χ0v) is 10.8. The highest BCUT2D eigenvalue weighted by atomic mass is 16.5. The third-order valence-corrected chi connectivity index (χ3v) is 3.63. The van der Waals surface area contributed by atoms with Gasteiger partial charge in [-0.3, -0.25) is 4.98 Å². The molecule has 2 aromatic rings. The Morgan fingerprint density at radius 2 is 2.22 bits per heavy atom. The molecule has 18 heavy (non-hydrogen) atoms. The van der Waals surface area contributed by atoms with Crippen LogP contribution in [-0.4, -0.2) is 18.1 Å². The van der Waals surface area contributed by atoms with Crippen LogP contribution in [0, 0.1) is 5.92 Å². The van der Waals surface area contributed by atoms with Crippen molar-refractivity contribution < 1.29 is 4.74 Å². The van der Waals surface area contributed by atoms with Crippen molar-refractivity contribution in [1.82, 2.24) is 4.98 Å². The molecule has 1 saturated carbocycles. The van der Waals surface area contributed by atoms with E-state index in [-0.39, 0.29) is 0 Å². The first kappa shape index (κ1) is 11.3. The van der Waals surface area contributed by atoms with Gasteiger partial charge < -0.3 is 10.1 Å². The SMILES string of the molecule is COc1cc(NC(C)C2CC2)c2ncccc2c1. The van der Waals surface area contributed by atoms with Crippen LogP contribution in [0.4, 0.5) is 5.69 Å². The van der Waals surface area contributed by atoms with Gasteiger partial charge in [-0.05, 0) is 37.8 Å². The smallest absolute Gasteiger partial charge is 0.121 e. The predicted octanol–water partition coefficient (Wildman–Crippen LogP) is 3.45. The Labute approximate surface area is 107 Å². The number of hydrogen-bond donors (Lipinski definition) is 1. The van der Waals surface area contributed by atoms with Gasteiger partial charge in [-0.2, -0.15) is 0 Å². The first-order chi connectivity index (χ1) is 8.78. The third kappa shape index (κ3) is 2.13. The largest absolute Gasteiger partial charge is 0.497 e. The molecule has 0 amide bonds. The molecule has 0 aliphatic heterocycles. The van der Waals surface area contributed by atoms with E-state index < -0.39 is 0 Å².